The minimum Gasteiger partial charge on any atom is -0.379 e. The van der Waals surface area contributed by atoms with Crippen molar-refractivity contribution in [1.29, 1.82) is 0 Å². The Morgan fingerprint density at radius 3 is 2.59 bits per heavy atom. The highest BCUT2D eigenvalue weighted by Gasteiger charge is 2.19. The van der Waals surface area contributed by atoms with Gasteiger partial charge in [-0.1, -0.05) is 13.3 Å². The second-order valence-corrected chi connectivity index (χ2v) is 8.01. The van der Waals surface area contributed by atoms with E-state index in [-0.39, 0.29) is 0 Å². The van der Waals surface area contributed by atoms with Gasteiger partial charge < -0.3 is 5.32 Å². The van der Waals surface area contributed by atoms with Crippen LogP contribution in [0.4, 0.5) is 5.69 Å². The van der Waals surface area contributed by atoms with Crippen molar-refractivity contribution in [2.45, 2.75) is 31.2 Å². The molecule has 0 aliphatic heterocycles. The predicted octanol–water partition coefficient (Wildman–Crippen LogP) is 3.18. The fourth-order valence-electron chi connectivity index (χ4n) is 1.94. The molecule has 0 aliphatic rings. The smallest absolute Gasteiger partial charge is 0.242 e. The summed E-state index contributed by atoms with van der Waals surface area (Å²) >= 11 is 1.58. The molecule has 5 nitrogen and oxygen atoms in total. The van der Waals surface area contributed by atoms with E-state index < -0.39 is 10.0 Å². The molecule has 0 radical (unpaired) electrons. The summed E-state index contributed by atoms with van der Waals surface area (Å²) in [5, 5.41) is 6.15. The van der Waals surface area contributed by atoms with Gasteiger partial charge >= 0.3 is 0 Å². The molecule has 1 heterocycles. The molecule has 0 aliphatic carbocycles. The molecule has 0 spiro atoms. The van der Waals surface area contributed by atoms with E-state index in [9.17, 15) is 8.42 Å². The zero-order valence-corrected chi connectivity index (χ0v) is 14.5. The summed E-state index contributed by atoms with van der Waals surface area (Å²) in [6, 6.07) is 6.85. The molecule has 1 N–H and O–H groups in total. The highest BCUT2D eigenvalue weighted by Crippen LogP contribution is 2.18. The van der Waals surface area contributed by atoms with E-state index in [4.69, 9.17) is 0 Å². The summed E-state index contributed by atoms with van der Waals surface area (Å²) in [6.07, 6.45) is 3.60. The van der Waals surface area contributed by atoms with Crippen molar-refractivity contribution in [3.63, 3.8) is 0 Å². The van der Waals surface area contributed by atoms with E-state index in [0.717, 1.165) is 23.5 Å². The third kappa shape index (κ3) is 4.28. The van der Waals surface area contributed by atoms with Crippen LogP contribution in [-0.4, -0.2) is 31.3 Å². The normalized spacial score (nSPS) is 11.8. The van der Waals surface area contributed by atoms with E-state index in [2.05, 4.69) is 10.3 Å². The summed E-state index contributed by atoms with van der Waals surface area (Å²) in [4.78, 5) is 4.52. The number of unbranched alkanes of at least 4 members (excludes halogenated alkanes) is 1. The van der Waals surface area contributed by atoms with Crippen LogP contribution in [-0.2, 0) is 16.6 Å². The number of sulfonamides is 1. The SMILES string of the molecule is CCCCN(C)S(=O)(=O)c1ccc(NCc2nccs2)cc1. The quantitative estimate of drug-likeness (QED) is 0.802. The second kappa shape index (κ2) is 7.71. The Morgan fingerprint density at radius 1 is 1.27 bits per heavy atom. The molecule has 1 aromatic carbocycles. The zero-order valence-electron chi connectivity index (χ0n) is 12.8. The van der Waals surface area contributed by atoms with E-state index in [1.165, 1.54) is 4.31 Å². The lowest BCUT2D eigenvalue weighted by Gasteiger charge is -2.17. The van der Waals surface area contributed by atoms with Gasteiger partial charge in [-0.05, 0) is 30.7 Å². The fourth-order valence-corrected chi connectivity index (χ4v) is 3.71. The maximum atomic E-state index is 12.4. The Hall–Kier alpha value is -1.44. The molecule has 1 aromatic heterocycles. The third-order valence-corrected chi connectivity index (χ3v) is 5.97. The highest BCUT2D eigenvalue weighted by molar-refractivity contribution is 7.89. The number of aromatic nitrogens is 1. The molecule has 0 atom stereocenters. The van der Waals surface area contributed by atoms with Crippen molar-refractivity contribution in [2.24, 2.45) is 0 Å². The van der Waals surface area contributed by atoms with Gasteiger partial charge in [-0.15, -0.1) is 11.3 Å². The van der Waals surface area contributed by atoms with Gasteiger partial charge in [0.15, 0.2) is 0 Å². The van der Waals surface area contributed by atoms with E-state index >= 15 is 0 Å². The minimum absolute atomic E-state index is 0.325. The van der Waals surface area contributed by atoms with Crippen molar-refractivity contribution in [3.8, 4) is 0 Å². The van der Waals surface area contributed by atoms with Crippen LogP contribution >= 0.6 is 11.3 Å². The minimum atomic E-state index is -3.39. The molecule has 0 unspecified atom stereocenters. The van der Waals surface area contributed by atoms with Gasteiger partial charge in [0, 0.05) is 30.9 Å². The Balaban J connectivity index is 2.01. The number of anilines is 1. The average molecular weight is 339 g/mol. The van der Waals surface area contributed by atoms with Crippen LogP contribution in [0.1, 0.15) is 24.8 Å². The molecule has 22 heavy (non-hydrogen) atoms. The Bertz CT molecular complexity index is 667. The third-order valence-electron chi connectivity index (χ3n) is 3.32. The van der Waals surface area contributed by atoms with Crippen LogP contribution < -0.4 is 5.32 Å². The number of nitrogens with one attached hydrogen (secondary N) is 1. The van der Waals surface area contributed by atoms with Gasteiger partial charge in [-0.3, -0.25) is 0 Å². The Labute approximate surface area is 136 Å². The van der Waals surface area contributed by atoms with Gasteiger partial charge in [0.05, 0.1) is 11.4 Å². The van der Waals surface area contributed by atoms with E-state index in [1.54, 1.807) is 48.8 Å². The molecule has 0 saturated carbocycles. The zero-order chi connectivity index (χ0) is 16.0. The molecule has 2 aromatic rings. The molecule has 2 rings (SSSR count). The van der Waals surface area contributed by atoms with Gasteiger partial charge in [0.1, 0.15) is 5.01 Å². The van der Waals surface area contributed by atoms with E-state index in [1.807, 2.05) is 12.3 Å². The summed E-state index contributed by atoms with van der Waals surface area (Å²) in [7, 11) is -1.77. The lowest BCUT2D eigenvalue weighted by Crippen LogP contribution is -2.27. The first-order valence-electron chi connectivity index (χ1n) is 7.22. The van der Waals surface area contributed by atoms with Gasteiger partial charge in [0.2, 0.25) is 10.0 Å². The van der Waals surface area contributed by atoms with Gasteiger partial charge in [-0.25, -0.2) is 17.7 Å². The second-order valence-electron chi connectivity index (χ2n) is 4.98. The molecule has 7 heteroatoms. The number of thiazole rings is 1. The molecule has 120 valence electrons. The summed E-state index contributed by atoms with van der Waals surface area (Å²) in [5.41, 5.74) is 0.880. The standard InChI is InChI=1S/C15H21N3O2S2/c1-3-4-10-18(2)22(19,20)14-7-5-13(6-8-14)17-12-15-16-9-11-21-15/h5-9,11,17H,3-4,10,12H2,1-2H3. The number of benzene rings is 1. The summed E-state index contributed by atoms with van der Waals surface area (Å²) in [6.45, 7) is 3.23. The monoisotopic (exact) mass is 339 g/mol. The lowest BCUT2D eigenvalue weighted by molar-refractivity contribution is 0.459. The van der Waals surface area contributed by atoms with Crippen LogP contribution in [0.25, 0.3) is 0 Å². The van der Waals surface area contributed by atoms with Crippen LogP contribution in [0.15, 0.2) is 40.7 Å². The molecular formula is C15H21N3O2S2. The van der Waals surface area contributed by atoms with Gasteiger partial charge in [-0.2, -0.15) is 0 Å². The first kappa shape index (κ1) is 16.9. The van der Waals surface area contributed by atoms with Crippen molar-refractivity contribution in [1.82, 2.24) is 9.29 Å². The van der Waals surface area contributed by atoms with Crippen molar-refractivity contribution < 1.29 is 8.42 Å². The Morgan fingerprint density at radius 2 is 2.00 bits per heavy atom. The predicted molar refractivity (Wildman–Crippen MR) is 90.6 cm³/mol. The number of hydrogen-bond donors (Lipinski definition) is 1. The molecule has 0 bridgehead atoms. The van der Waals surface area contributed by atoms with Crippen molar-refractivity contribution in [3.05, 3.63) is 40.8 Å². The molecular weight excluding hydrogens is 318 g/mol. The van der Waals surface area contributed by atoms with Crippen LogP contribution in [0.5, 0.6) is 0 Å². The van der Waals surface area contributed by atoms with Crippen LogP contribution in [0, 0.1) is 0 Å². The first-order valence-corrected chi connectivity index (χ1v) is 9.54. The lowest BCUT2D eigenvalue weighted by atomic mass is 10.3. The summed E-state index contributed by atoms with van der Waals surface area (Å²) < 4.78 is 26.2. The summed E-state index contributed by atoms with van der Waals surface area (Å²) in [5.74, 6) is 0. The molecule has 0 saturated heterocycles. The molecule has 0 amide bonds. The fraction of sp³-hybridized carbons (Fsp3) is 0.400. The first-order chi connectivity index (χ1) is 10.5. The number of hydrogen-bond acceptors (Lipinski definition) is 5. The largest absolute Gasteiger partial charge is 0.379 e. The Kier molecular flexibility index (Phi) is 5.93. The molecule has 0 fully saturated rings. The number of rotatable bonds is 8. The van der Waals surface area contributed by atoms with Crippen molar-refractivity contribution in [2.75, 3.05) is 18.9 Å². The average Bonchev–Trinajstić information content (AvgIpc) is 3.04. The topological polar surface area (TPSA) is 62.3 Å². The van der Waals surface area contributed by atoms with Crippen molar-refractivity contribution >= 4 is 27.0 Å². The highest BCUT2D eigenvalue weighted by atomic mass is 32.2. The maximum Gasteiger partial charge on any atom is 0.242 e. The van der Waals surface area contributed by atoms with Crippen LogP contribution in [0.2, 0.25) is 0 Å². The number of nitrogens with zero attached hydrogens (tertiary/aromatic N) is 2. The van der Waals surface area contributed by atoms with Crippen LogP contribution in [0.3, 0.4) is 0 Å². The van der Waals surface area contributed by atoms with E-state index in [0.29, 0.717) is 18.0 Å². The maximum absolute atomic E-state index is 12.4. The van der Waals surface area contributed by atoms with Gasteiger partial charge in [0.25, 0.3) is 0 Å².